The maximum atomic E-state index is 12.2. The Morgan fingerprint density at radius 1 is 1.33 bits per heavy atom. The van der Waals surface area contributed by atoms with E-state index >= 15 is 0 Å². The van der Waals surface area contributed by atoms with E-state index in [4.69, 9.17) is 4.74 Å². The molecule has 0 bridgehead atoms. The zero-order valence-corrected chi connectivity index (χ0v) is 12.7. The van der Waals surface area contributed by atoms with Crippen LogP contribution in [-0.4, -0.2) is 24.2 Å². The van der Waals surface area contributed by atoms with Crippen LogP contribution in [0.25, 0.3) is 10.9 Å². The van der Waals surface area contributed by atoms with Crippen LogP contribution in [0, 0.1) is 13.8 Å². The predicted octanol–water partition coefficient (Wildman–Crippen LogP) is 2.41. The highest BCUT2D eigenvalue weighted by Gasteiger charge is 2.15. The molecule has 112 valence electrons. The lowest BCUT2D eigenvalue weighted by atomic mass is 10.0. The molecule has 1 aliphatic heterocycles. The number of hydrogen-bond donors (Lipinski definition) is 2. The largest absolute Gasteiger partial charge is 0.377 e. The normalized spacial score (nSPS) is 18.5. The minimum Gasteiger partial charge on any atom is -0.377 e. The third kappa shape index (κ3) is 3.17. The van der Waals surface area contributed by atoms with Crippen LogP contribution in [0.15, 0.2) is 23.0 Å². The van der Waals surface area contributed by atoms with Crippen LogP contribution in [0.2, 0.25) is 0 Å². The summed E-state index contributed by atoms with van der Waals surface area (Å²) in [5.74, 6) is 0. The van der Waals surface area contributed by atoms with Crippen molar-refractivity contribution in [3.8, 4) is 0 Å². The van der Waals surface area contributed by atoms with E-state index in [0.29, 0.717) is 12.6 Å². The highest BCUT2D eigenvalue weighted by Crippen LogP contribution is 2.18. The number of aryl methyl sites for hydroxylation is 2. The van der Waals surface area contributed by atoms with E-state index in [1.165, 1.54) is 11.1 Å². The lowest BCUT2D eigenvalue weighted by Crippen LogP contribution is -2.28. The van der Waals surface area contributed by atoms with Gasteiger partial charge in [-0.15, -0.1) is 0 Å². The molecule has 0 radical (unpaired) electrons. The first-order chi connectivity index (χ1) is 10.1. The second kappa shape index (κ2) is 6.00. The van der Waals surface area contributed by atoms with Crippen molar-refractivity contribution >= 4 is 10.9 Å². The molecule has 4 nitrogen and oxygen atoms in total. The average molecular weight is 286 g/mol. The molecule has 1 saturated heterocycles. The van der Waals surface area contributed by atoms with Gasteiger partial charge < -0.3 is 15.0 Å². The quantitative estimate of drug-likeness (QED) is 0.907. The first-order valence-electron chi connectivity index (χ1n) is 7.59. The number of aromatic nitrogens is 1. The zero-order valence-electron chi connectivity index (χ0n) is 12.7. The van der Waals surface area contributed by atoms with Gasteiger partial charge in [0.2, 0.25) is 0 Å². The van der Waals surface area contributed by atoms with Crippen LogP contribution < -0.4 is 10.9 Å². The summed E-state index contributed by atoms with van der Waals surface area (Å²) in [6.07, 6.45) is 2.55. The van der Waals surface area contributed by atoms with E-state index < -0.39 is 0 Å². The summed E-state index contributed by atoms with van der Waals surface area (Å²) in [7, 11) is 0. The Hall–Kier alpha value is -1.65. The van der Waals surface area contributed by atoms with E-state index in [1.54, 1.807) is 0 Å². The fraction of sp³-hybridized carbons (Fsp3) is 0.471. The second-order valence-corrected chi connectivity index (χ2v) is 5.93. The van der Waals surface area contributed by atoms with Crippen LogP contribution >= 0.6 is 0 Å². The number of nitrogens with one attached hydrogen (secondary N) is 2. The number of hydrogen-bond acceptors (Lipinski definition) is 3. The van der Waals surface area contributed by atoms with Crippen LogP contribution in [0.3, 0.4) is 0 Å². The third-order valence-electron chi connectivity index (χ3n) is 4.10. The van der Waals surface area contributed by atoms with E-state index in [-0.39, 0.29) is 5.56 Å². The summed E-state index contributed by atoms with van der Waals surface area (Å²) in [5.41, 5.74) is 4.06. The summed E-state index contributed by atoms with van der Waals surface area (Å²) in [6.45, 7) is 6.38. The molecule has 0 spiro atoms. The van der Waals surface area contributed by atoms with Crippen LogP contribution in [0.1, 0.15) is 29.5 Å². The van der Waals surface area contributed by atoms with E-state index in [9.17, 15) is 4.79 Å². The molecule has 2 heterocycles. The minimum absolute atomic E-state index is 0.00709. The molecule has 0 amide bonds. The van der Waals surface area contributed by atoms with Crippen LogP contribution in [0.5, 0.6) is 0 Å². The summed E-state index contributed by atoms with van der Waals surface area (Å²) >= 11 is 0. The molecule has 1 aromatic carbocycles. The predicted molar refractivity (Wildman–Crippen MR) is 84.7 cm³/mol. The zero-order chi connectivity index (χ0) is 14.8. The smallest absolute Gasteiger partial charge is 0.252 e. The van der Waals surface area contributed by atoms with E-state index in [2.05, 4.69) is 23.3 Å². The summed E-state index contributed by atoms with van der Waals surface area (Å²) in [4.78, 5) is 15.1. The molecule has 3 rings (SSSR count). The van der Waals surface area contributed by atoms with Crippen molar-refractivity contribution < 1.29 is 4.74 Å². The Kier molecular flexibility index (Phi) is 4.08. The average Bonchev–Trinajstić information content (AvgIpc) is 2.93. The first-order valence-corrected chi connectivity index (χ1v) is 7.59. The SMILES string of the molecule is Cc1cc(C)c2cc(CNCC3CCCO3)c(=O)[nH]c2c1. The van der Waals surface area contributed by atoms with Gasteiger partial charge >= 0.3 is 0 Å². The maximum Gasteiger partial charge on any atom is 0.252 e. The van der Waals surface area contributed by atoms with Gasteiger partial charge in [0.15, 0.2) is 0 Å². The van der Waals surface area contributed by atoms with Gasteiger partial charge in [-0.3, -0.25) is 4.79 Å². The number of rotatable bonds is 4. The lowest BCUT2D eigenvalue weighted by Gasteiger charge is -2.11. The molecule has 21 heavy (non-hydrogen) atoms. The Morgan fingerprint density at radius 2 is 2.19 bits per heavy atom. The first kappa shape index (κ1) is 14.3. The fourth-order valence-corrected chi connectivity index (χ4v) is 3.02. The Balaban J connectivity index is 1.78. The standard InChI is InChI=1S/C17H22N2O2/c1-11-6-12(2)15-8-13(17(20)19-16(15)7-11)9-18-10-14-4-3-5-21-14/h6-8,14,18H,3-5,9-10H2,1-2H3,(H,19,20). The Morgan fingerprint density at radius 3 is 2.95 bits per heavy atom. The number of benzene rings is 1. The van der Waals surface area contributed by atoms with Crippen molar-refractivity contribution in [3.05, 3.63) is 45.2 Å². The fourth-order valence-electron chi connectivity index (χ4n) is 3.02. The van der Waals surface area contributed by atoms with Crippen molar-refractivity contribution in [1.29, 1.82) is 0 Å². The molecule has 0 aliphatic carbocycles. The molecule has 0 saturated carbocycles. The van der Waals surface area contributed by atoms with Gasteiger partial charge in [-0.1, -0.05) is 6.07 Å². The topological polar surface area (TPSA) is 54.1 Å². The van der Waals surface area contributed by atoms with Gasteiger partial charge in [0, 0.05) is 36.2 Å². The lowest BCUT2D eigenvalue weighted by molar-refractivity contribution is 0.110. The van der Waals surface area contributed by atoms with E-state index in [1.807, 2.05) is 19.1 Å². The highest BCUT2D eigenvalue weighted by atomic mass is 16.5. The molecular weight excluding hydrogens is 264 g/mol. The minimum atomic E-state index is -0.00709. The van der Waals surface area contributed by atoms with Crippen LogP contribution in [0.4, 0.5) is 0 Å². The molecule has 1 aromatic heterocycles. The van der Waals surface area contributed by atoms with Gasteiger partial charge in [-0.05, 0) is 49.9 Å². The molecule has 1 aliphatic rings. The number of ether oxygens (including phenoxy) is 1. The molecule has 1 fully saturated rings. The summed E-state index contributed by atoms with van der Waals surface area (Å²) in [5, 5.41) is 4.45. The van der Waals surface area contributed by atoms with Crippen molar-refractivity contribution in [2.24, 2.45) is 0 Å². The molecule has 4 heteroatoms. The van der Waals surface area contributed by atoms with E-state index in [0.717, 1.165) is 42.5 Å². The van der Waals surface area contributed by atoms with Gasteiger partial charge in [0.25, 0.3) is 5.56 Å². The molecule has 2 aromatic rings. The Labute approximate surface area is 124 Å². The van der Waals surface area contributed by atoms with Gasteiger partial charge in [0.1, 0.15) is 0 Å². The van der Waals surface area contributed by atoms with Crippen molar-refractivity contribution in [1.82, 2.24) is 10.3 Å². The van der Waals surface area contributed by atoms with Crippen molar-refractivity contribution in [3.63, 3.8) is 0 Å². The highest BCUT2D eigenvalue weighted by molar-refractivity contribution is 5.83. The number of aromatic amines is 1. The molecule has 1 unspecified atom stereocenters. The number of pyridine rings is 1. The monoisotopic (exact) mass is 286 g/mol. The van der Waals surface area contributed by atoms with Gasteiger partial charge in [0.05, 0.1) is 6.10 Å². The van der Waals surface area contributed by atoms with Crippen molar-refractivity contribution in [2.75, 3.05) is 13.2 Å². The van der Waals surface area contributed by atoms with Crippen molar-refractivity contribution in [2.45, 2.75) is 39.3 Å². The second-order valence-electron chi connectivity index (χ2n) is 5.93. The number of fused-ring (bicyclic) bond motifs is 1. The molecular formula is C17H22N2O2. The van der Waals surface area contributed by atoms with Gasteiger partial charge in [-0.25, -0.2) is 0 Å². The number of H-pyrrole nitrogens is 1. The van der Waals surface area contributed by atoms with Crippen LogP contribution in [-0.2, 0) is 11.3 Å². The molecule has 1 atom stereocenters. The summed E-state index contributed by atoms with van der Waals surface area (Å²) in [6, 6.07) is 6.17. The third-order valence-corrected chi connectivity index (χ3v) is 4.10. The Bertz CT molecular complexity index is 700. The molecule has 2 N–H and O–H groups in total. The maximum absolute atomic E-state index is 12.2. The van der Waals surface area contributed by atoms with Gasteiger partial charge in [-0.2, -0.15) is 0 Å². The summed E-state index contributed by atoms with van der Waals surface area (Å²) < 4.78 is 5.58.